The number of amides is 1. The highest BCUT2D eigenvalue weighted by molar-refractivity contribution is 6.30. The molecule has 10 heteroatoms. The molecule has 0 atom stereocenters. The Kier molecular flexibility index (Phi) is 6.75. The van der Waals surface area contributed by atoms with Gasteiger partial charge >= 0.3 is 0 Å². The number of piperazine rings is 1. The van der Waals surface area contributed by atoms with Crippen LogP contribution in [0.5, 0.6) is 11.5 Å². The van der Waals surface area contributed by atoms with Crippen molar-refractivity contribution in [3.05, 3.63) is 57.1 Å². The molecule has 38 heavy (non-hydrogen) atoms. The van der Waals surface area contributed by atoms with Crippen molar-refractivity contribution in [3.8, 4) is 17.2 Å². The summed E-state index contributed by atoms with van der Waals surface area (Å²) in [7, 11) is 0. The average molecular weight is 540 g/mol. The predicted octanol–water partition coefficient (Wildman–Crippen LogP) is 3.86. The second kappa shape index (κ2) is 10.2. The van der Waals surface area contributed by atoms with Crippen LogP contribution in [0.25, 0.3) is 16.6 Å². The molecule has 2 saturated heterocycles. The zero-order valence-electron chi connectivity index (χ0n) is 21.4. The van der Waals surface area contributed by atoms with Crippen molar-refractivity contribution < 1.29 is 13.9 Å². The normalized spacial score (nSPS) is 17.5. The highest BCUT2D eigenvalue weighted by Crippen LogP contribution is 2.47. The molecule has 1 aromatic heterocycles. The van der Waals surface area contributed by atoms with Gasteiger partial charge in [-0.25, -0.2) is 4.39 Å². The number of aromatic nitrogens is 1. The van der Waals surface area contributed by atoms with Crippen molar-refractivity contribution in [3.63, 3.8) is 0 Å². The number of pyridine rings is 1. The number of nitrogens with one attached hydrogen (secondary N) is 1. The minimum atomic E-state index is -0.543. The first kappa shape index (κ1) is 25.2. The fraction of sp³-hybridized carbons (Fsp3) is 0.429. The van der Waals surface area contributed by atoms with Gasteiger partial charge in [-0.1, -0.05) is 18.5 Å². The molecule has 1 N–H and O–H groups in total. The SMILES string of the molecule is CCN1CCN(c2c(F)cc3c(=O)c(C(=O)NCCN4CCCC4)cn4c3c2Oc2cc(Cl)ccc2-4)CC1. The van der Waals surface area contributed by atoms with E-state index in [-0.39, 0.29) is 16.7 Å². The van der Waals surface area contributed by atoms with Gasteiger partial charge in [0.2, 0.25) is 5.43 Å². The first-order valence-corrected chi connectivity index (χ1v) is 13.7. The van der Waals surface area contributed by atoms with E-state index >= 15 is 4.39 Å². The molecular formula is C28H31ClFN5O3. The summed E-state index contributed by atoms with van der Waals surface area (Å²) >= 11 is 6.28. The Hall–Kier alpha value is -3.14. The van der Waals surface area contributed by atoms with E-state index in [0.717, 1.165) is 39.3 Å². The van der Waals surface area contributed by atoms with Crippen molar-refractivity contribution in [2.75, 3.05) is 63.8 Å². The second-order valence-corrected chi connectivity index (χ2v) is 10.6. The third-order valence-corrected chi connectivity index (χ3v) is 8.09. The lowest BCUT2D eigenvalue weighted by molar-refractivity contribution is 0.0948. The van der Waals surface area contributed by atoms with Crippen LogP contribution in [0.2, 0.25) is 5.02 Å². The molecule has 8 nitrogen and oxygen atoms in total. The molecule has 3 aromatic rings. The van der Waals surface area contributed by atoms with Crippen LogP contribution in [0, 0.1) is 5.82 Å². The summed E-state index contributed by atoms with van der Waals surface area (Å²) < 4.78 is 23.9. The molecule has 3 aliphatic heterocycles. The highest BCUT2D eigenvalue weighted by atomic mass is 35.5. The molecule has 2 aromatic carbocycles. The van der Waals surface area contributed by atoms with Gasteiger partial charge in [0.05, 0.1) is 11.1 Å². The van der Waals surface area contributed by atoms with Crippen LogP contribution >= 0.6 is 11.6 Å². The van der Waals surface area contributed by atoms with E-state index in [1.807, 2.05) is 4.90 Å². The van der Waals surface area contributed by atoms with Gasteiger partial charge in [0.15, 0.2) is 17.3 Å². The van der Waals surface area contributed by atoms with Crippen molar-refractivity contribution in [1.82, 2.24) is 19.7 Å². The lowest BCUT2D eigenvalue weighted by Crippen LogP contribution is -2.46. The van der Waals surface area contributed by atoms with Crippen LogP contribution < -0.4 is 20.4 Å². The zero-order chi connectivity index (χ0) is 26.4. The minimum absolute atomic E-state index is 0.0311. The molecule has 6 rings (SSSR count). The van der Waals surface area contributed by atoms with E-state index in [1.54, 1.807) is 29.0 Å². The van der Waals surface area contributed by atoms with Crippen LogP contribution in [-0.2, 0) is 0 Å². The summed E-state index contributed by atoms with van der Waals surface area (Å²) in [6, 6.07) is 6.43. The van der Waals surface area contributed by atoms with Gasteiger partial charge in [0.25, 0.3) is 5.91 Å². The molecule has 0 aliphatic carbocycles. The number of likely N-dealkylation sites (N-methyl/N-ethyl adjacent to an activating group) is 1. The molecule has 1 amide bonds. The molecule has 200 valence electrons. The Morgan fingerprint density at radius 1 is 1.08 bits per heavy atom. The van der Waals surface area contributed by atoms with Gasteiger partial charge in [0, 0.05) is 56.6 Å². The van der Waals surface area contributed by atoms with E-state index in [1.165, 1.54) is 18.9 Å². The molecule has 0 bridgehead atoms. The monoisotopic (exact) mass is 539 g/mol. The smallest absolute Gasteiger partial charge is 0.256 e. The number of carbonyl (C=O) groups excluding carboxylic acids is 1. The van der Waals surface area contributed by atoms with Crippen molar-refractivity contribution in [1.29, 1.82) is 0 Å². The zero-order valence-corrected chi connectivity index (χ0v) is 22.2. The van der Waals surface area contributed by atoms with Gasteiger partial charge in [-0.2, -0.15) is 0 Å². The summed E-state index contributed by atoms with van der Waals surface area (Å²) in [5, 5.41) is 3.47. The fourth-order valence-corrected chi connectivity index (χ4v) is 5.92. The van der Waals surface area contributed by atoms with Crippen molar-refractivity contribution >= 4 is 34.1 Å². The number of nitrogens with zero attached hydrogens (tertiary/aromatic N) is 4. The summed E-state index contributed by atoms with van der Waals surface area (Å²) in [5.74, 6) is -0.297. The van der Waals surface area contributed by atoms with Gasteiger partial charge in [-0.05, 0) is 50.7 Å². The lowest BCUT2D eigenvalue weighted by Gasteiger charge is -2.37. The van der Waals surface area contributed by atoms with Gasteiger partial charge in [-0.3, -0.25) is 9.59 Å². The Labute approximate surface area is 225 Å². The third kappa shape index (κ3) is 4.42. The number of rotatable bonds is 6. The molecule has 2 fully saturated rings. The highest BCUT2D eigenvalue weighted by Gasteiger charge is 2.31. The maximum Gasteiger partial charge on any atom is 0.256 e. The summed E-state index contributed by atoms with van der Waals surface area (Å²) in [4.78, 5) is 33.3. The average Bonchev–Trinajstić information content (AvgIpc) is 3.43. The van der Waals surface area contributed by atoms with Crippen LogP contribution in [0.4, 0.5) is 10.1 Å². The first-order chi connectivity index (χ1) is 18.4. The summed E-state index contributed by atoms with van der Waals surface area (Å²) in [6.45, 7) is 9.14. The Morgan fingerprint density at radius 3 is 2.58 bits per heavy atom. The quantitative estimate of drug-likeness (QED) is 0.401. The lowest BCUT2D eigenvalue weighted by atomic mass is 10.0. The number of likely N-dealkylation sites (tertiary alicyclic amines) is 1. The molecule has 0 spiro atoms. The van der Waals surface area contributed by atoms with Crippen LogP contribution in [0.15, 0.2) is 35.3 Å². The standard InChI is InChI=1S/C28H31ClFN5O3/c1-2-32-11-13-34(14-12-32)25-21(30)16-19-24-27(25)38-23-15-18(29)5-6-22(23)35(24)17-20(26(19)36)28(37)31-7-10-33-8-3-4-9-33/h5-6,15-17H,2-4,7-14H2,1H3,(H,31,37). The Balaban J connectivity index is 1.45. The molecule has 3 aliphatic rings. The molecule has 0 radical (unpaired) electrons. The van der Waals surface area contributed by atoms with Crippen molar-refractivity contribution in [2.24, 2.45) is 0 Å². The number of benzene rings is 2. The van der Waals surface area contributed by atoms with Gasteiger partial charge in [-0.15, -0.1) is 0 Å². The van der Waals surface area contributed by atoms with E-state index in [4.69, 9.17) is 16.3 Å². The maximum absolute atomic E-state index is 15.8. The first-order valence-electron chi connectivity index (χ1n) is 13.3. The summed E-state index contributed by atoms with van der Waals surface area (Å²) in [5.41, 5.74) is 0.865. The topological polar surface area (TPSA) is 70.1 Å². The largest absolute Gasteiger partial charge is 0.451 e. The number of anilines is 1. The van der Waals surface area contributed by atoms with Crippen LogP contribution in [0.1, 0.15) is 30.1 Å². The minimum Gasteiger partial charge on any atom is -0.451 e. The molecule has 0 saturated carbocycles. The Bertz CT molecular complexity index is 1460. The number of halogens is 2. The number of fused-ring (bicyclic) bond motifs is 2. The van der Waals surface area contributed by atoms with Crippen LogP contribution in [0.3, 0.4) is 0 Å². The predicted molar refractivity (Wildman–Crippen MR) is 147 cm³/mol. The molecule has 4 heterocycles. The van der Waals surface area contributed by atoms with Gasteiger partial charge < -0.3 is 29.3 Å². The van der Waals surface area contributed by atoms with Crippen molar-refractivity contribution in [2.45, 2.75) is 19.8 Å². The number of hydrogen-bond donors (Lipinski definition) is 1. The maximum atomic E-state index is 15.8. The fourth-order valence-electron chi connectivity index (χ4n) is 5.75. The van der Waals surface area contributed by atoms with E-state index in [0.29, 0.717) is 47.3 Å². The third-order valence-electron chi connectivity index (χ3n) is 7.86. The van der Waals surface area contributed by atoms with E-state index in [2.05, 4.69) is 22.0 Å². The number of hydrogen-bond acceptors (Lipinski definition) is 6. The van der Waals surface area contributed by atoms with E-state index in [9.17, 15) is 9.59 Å². The number of ether oxygens (including phenoxy) is 1. The van der Waals surface area contributed by atoms with E-state index < -0.39 is 17.2 Å². The number of carbonyl (C=O) groups is 1. The van der Waals surface area contributed by atoms with Gasteiger partial charge in [0.1, 0.15) is 16.8 Å². The summed E-state index contributed by atoms with van der Waals surface area (Å²) in [6.07, 6.45) is 3.88. The second-order valence-electron chi connectivity index (χ2n) is 10.1. The molecule has 0 unspecified atom stereocenters. The Morgan fingerprint density at radius 2 is 1.84 bits per heavy atom. The van der Waals surface area contributed by atoms with Crippen LogP contribution in [-0.4, -0.2) is 79.2 Å². The molecular weight excluding hydrogens is 509 g/mol.